The standard InChI is InChI=1S/C17H15N3O4S/c1-20(2)25(23,24)12-3-4-15-13(9-12)14(17(21)22)10-16(19-15)11-5-7-18-8-6-11/h3-10H,1-2H3,(H,21,22). The molecule has 0 aliphatic heterocycles. The van der Waals surface area contributed by atoms with Gasteiger partial charge in [0.05, 0.1) is 21.7 Å². The summed E-state index contributed by atoms with van der Waals surface area (Å²) in [5.41, 5.74) is 1.61. The van der Waals surface area contributed by atoms with E-state index in [1.807, 2.05) is 0 Å². The third kappa shape index (κ3) is 3.09. The molecule has 8 heteroatoms. The molecule has 7 nitrogen and oxygen atoms in total. The summed E-state index contributed by atoms with van der Waals surface area (Å²) in [6.45, 7) is 0. The number of aromatic carboxylic acids is 1. The Bertz CT molecular complexity index is 1060. The predicted molar refractivity (Wildman–Crippen MR) is 92.8 cm³/mol. The van der Waals surface area contributed by atoms with Crippen molar-refractivity contribution in [1.29, 1.82) is 0 Å². The number of pyridine rings is 2. The summed E-state index contributed by atoms with van der Waals surface area (Å²) in [4.78, 5) is 20.1. The fourth-order valence-corrected chi connectivity index (χ4v) is 3.35. The summed E-state index contributed by atoms with van der Waals surface area (Å²) < 4.78 is 25.7. The van der Waals surface area contributed by atoms with Crippen LogP contribution in [0.4, 0.5) is 0 Å². The van der Waals surface area contributed by atoms with Crippen LogP contribution in [0.25, 0.3) is 22.2 Å². The zero-order valence-electron chi connectivity index (χ0n) is 13.5. The number of fused-ring (bicyclic) bond motifs is 1. The van der Waals surface area contributed by atoms with E-state index >= 15 is 0 Å². The van der Waals surface area contributed by atoms with Crippen LogP contribution >= 0.6 is 0 Å². The van der Waals surface area contributed by atoms with Crippen LogP contribution in [0.2, 0.25) is 0 Å². The van der Waals surface area contributed by atoms with Gasteiger partial charge >= 0.3 is 5.97 Å². The number of rotatable bonds is 4. The van der Waals surface area contributed by atoms with Gasteiger partial charge in [0.15, 0.2) is 0 Å². The molecule has 0 spiro atoms. The molecule has 128 valence electrons. The van der Waals surface area contributed by atoms with Crippen molar-refractivity contribution in [2.75, 3.05) is 14.1 Å². The van der Waals surface area contributed by atoms with Crippen molar-refractivity contribution in [2.45, 2.75) is 4.90 Å². The Kier molecular flexibility index (Phi) is 4.23. The smallest absolute Gasteiger partial charge is 0.336 e. The maximum atomic E-state index is 12.3. The first kappa shape index (κ1) is 17.0. The summed E-state index contributed by atoms with van der Waals surface area (Å²) in [5, 5.41) is 9.83. The van der Waals surface area contributed by atoms with Gasteiger partial charge in [0.2, 0.25) is 10.0 Å². The Balaban J connectivity index is 2.28. The molecule has 0 aliphatic rings. The molecule has 0 radical (unpaired) electrons. The average molecular weight is 357 g/mol. The summed E-state index contributed by atoms with van der Waals surface area (Å²) in [5.74, 6) is -1.15. The van der Waals surface area contributed by atoms with Crippen molar-refractivity contribution in [3.05, 3.63) is 54.4 Å². The zero-order valence-corrected chi connectivity index (χ0v) is 14.4. The van der Waals surface area contributed by atoms with E-state index < -0.39 is 16.0 Å². The molecule has 0 bridgehead atoms. The monoisotopic (exact) mass is 357 g/mol. The quantitative estimate of drug-likeness (QED) is 0.768. The van der Waals surface area contributed by atoms with Gasteiger partial charge in [-0.3, -0.25) is 4.98 Å². The van der Waals surface area contributed by atoms with Crippen molar-refractivity contribution in [1.82, 2.24) is 14.3 Å². The van der Waals surface area contributed by atoms with E-state index in [0.29, 0.717) is 11.2 Å². The average Bonchev–Trinajstić information content (AvgIpc) is 2.60. The first-order chi connectivity index (χ1) is 11.8. The highest BCUT2D eigenvalue weighted by Gasteiger charge is 2.20. The van der Waals surface area contributed by atoms with Gasteiger partial charge in [-0.1, -0.05) is 0 Å². The van der Waals surface area contributed by atoms with Gasteiger partial charge in [-0.2, -0.15) is 0 Å². The number of benzene rings is 1. The minimum absolute atomic E-state index is 0.00683. The predicted octanol–water partition coefficient (Wildman–Crippen LogP) is 2.25. The molecule has 0 aliphatic carbocycles. The highest BCUT2D eigenvalue weighted by Crippen LogP contribution is 2.27. The second-order valence-corrected chi connectivity index (χ2v) is 7.71. The molecule has 2 aromatic heterocycles. The number of carboxylic acid groups (broad SMARTS) is 1. The van der Waals surface area contributed by atoms with E-state index in [4.69, 9.17) is 0 Å². The number of carboxylic acids is 1. The molecule has 3 aromatic rings. The van der Waals surface area contributed by atoms with Crippen molar-refractivity contribution >= 4 is 26.9 Å². The first-order valence-electron chi connectivity index (χ1n) is 7.32. The molecule has 1 aromatic carbocycles. The number of nitrogens with zero attached hydrogens (tertiary/aromatic N) is 3. The Morgan fingerprint density at radius 2 is 1.76 bits per heavy atom. The van der Waals surface area contributed by atoms with Gasteiger partial charge in [-0.15, -0.1) is 0 Å². The number of sulfonamides is 1. The first-order valence-corrected chi connectivity index (χ1v) is 8.76. The molecule has 0 unspecified atom stereocenters. The van der Waals surface area contributed by atoms with Gasteiger partial charge in [0.1, 0.15) is 0 Å². The van der Waals surface area contributed by atoms with Crippen LogP contribution in [-0.2, 0) is 10.0 Å². The zero-order chi connectivity index (χ0) is 18.2. The second kappa shape index (κ2) is 6.23. The van der Waals surface area contributed by atoms with Crippen LogP contribution in [0, 0.1) is 0 Å². The molecule has 0 atom stereocenters. The Morgan fingerprint density at radius 3 is 2.36 bits per heavy atom. The number of hydrogen-bond donors (Lipinski definition) is 1. The van der Waals surface area contributed by atoms with Gasteiger partial charge in [-0.25, -0.2) is 22.5 Å². The molecule has 3 rings (SSSR count). The number of aromatic nitrogens is 2. The molecule has 0 saturated carbocycles. The van der Waals surface area contributed by atoms with E-state index in [2.05, 4.69) is 9.97 Å². The van der Waals surface area contributed by atoms with Crippen molar-refractivity contribution in [3.8, 4) is 11.3 Å². The van der Waals surface area contributed by atoms with Gasteiger partial charge < -0.3 is 5.11 Å². The van der Waals surface area contributed by atoms with Crippen LogP contribution < -0.4 is 0 Å². The third-order valence-corrected chi connectivity index (χ3v) is 5.58. The topological polar surface area (TPSA) is 100 Å². The van der Waals surface area contributed by atoms with Gasteiger partial charge in [-0.05, 0) is 36.4 Å². The van der Waals surface area contributed by atoms with Crippen molar-refractivity contribution in [2.24, 2.45) is 0 Å². The minimum Gasteiger partial charge on any atom is -0.478 e. The van der Waals surface area contributed by atoms with Crippen LogP contribution in [0.15, 0.2) is 53.7 Å². The SMILES string of the molecule is CN(C)S(=O)(=O)c1ccc2nc(-c3ccncc3)cc(C(=O)O)c2c1. The third-order valence-electron chi connectivity index (χ3n) is 3.77. The van der Waals surface area contributed by atoms with E-state index in [-0.39, 0.29) is 15.8 Å². The number of carbonyl (C=O) groups is 1. The normalized spacial score (nSPS) is 11.8. The second-order valence-electron chi connectivity index (χ2n) is 5.56. The fourth-order valence-electron chi connectivity index (χ4n) is 2.42. The Labute approximate surface area is 144 Å². The molecular weight excluding hydrogens is 342 g/mol. The van der Waals surface area contributed by atoms with Gasteiger partial charge in [0.25, 0.3) is 0 Å². The molecule has 0 amide bonds. The fraction of sp³-hybridized carbons (Fsp3) is 0.118. The lowest BCUT2D eigenvalue weighted by atomic mass is 10.0. The van der Waals surface area contributed by atoms with Crippen LogP contribution in [-0.4, -0.2) is 47.9 Å². The Hall–Kier alpha value is -2.84. The van der Waals surface area contributed by atoms with E-state index in [9.17, 15) is 18.3 Å². The van der Waals surface area contributed by atoms with Crippen LogP contribution in [0.3, 0.4) is 0 Å². The molecule has 25 heavy (non-hydrogen) atoms. The molecule has 0 fully saturated rings. The Morgan fingerprint density at radius 1 is 1.08 bits per heavy atom. The van der Waals surface area contributed by atoms with Crippen LogP contribution in [0.5, 0.6) is 0 Å². The van der Waals surface area contributed by atoms with E-state index in [1.165, 1.54) is 38.4 Å². The van der Waals surface area contributed by atoms with Gasteiger partial charge in [0, 0.05) is 37.4 Å². The van der Waals surface area contributed by atoms with E-state index in [0.717, 1.165) is 9.87 Å². The summed E-state index contributed by atoms with van der Waals surface area (Å²) in [7, 11) is -0.831. The maximum Gasteiger partial charge on any atom is 0.336 e. The molecule has 2 heterocycles. The van der Waals surface area contributed by atoms with Crippen molar-refractivity contribution in [3.63, 3.8) is 0 Å². The largest absolute Gasteiger partial charge is 0.478 e. The highest BCUT2D eigenvalue weighted by atomic mass is 32.2. The maximum absolute atomic E-state index is 12.3. The van der Waals surface area contributed by atoms with Crippen LogP contribution in [0.1, 0.15) is 10.4 Å². The highest BCUT2D eigenvalue weighted by molar-refractivity contribution is 7.89. The minimum atomic E-state index is -3.67. The molecule has 1 N–H and O–H groups in total. The summed E-state index contributed by atoms with van der Waals surface area (Å²) >= 11 is 0. The lowest BCUT2D eigenvalue weighted by Gasteiger charge is -2.13. The lowest BCUT2D eigenvalue weighted by molar-refractivity contribution is 0.0699. The van der Waals surface area contributed by atoms with E-state index in [1.54, 1.807) is 24.5 Å². The van der Waals surface area contributed by atoms with Crippen molar-refractivity contribution < 1.29 is 18.3 Å². The summed E-state index contributed by atoms with van der Waals surface area (Å²) in [6.07, 6.45) is 3.18. The molecule has 0 saturated heterocycles. The number of hydrogen-bond acceptors (Lipinski definition) is 5. The molecular formula is C17H15N3O4S. The lowest BCUT2D eigenvalue weighted by Crippen LogP contribution is -2.22. The summed E-state index contributed by atoms with van der Waals surface area (Å²) in [6, 6.07) is 9.17.